The lowest BCUT2D eigenvalue weighted by Gasteiger charge is -2.22. The van der Waals surface area contributed by atoms with Gasteiger partial charge in [-0.2, -0.15) is 4.98 Å². The molecule has 0 saturated heterocycles. The molecule has 1 fully saturated rings. The fraction of sp³-hybridized carbons (Fsp3) is 0.190. The van der Waals surface area contributed by atoms with E-state index in [0.29, 0.717) is 41.6 Å². The number of carbonyl (C=O) groups is 1. The molecule has 0 atom stereocenters. The topological polar surface area (TPSA) is 118 Å². The first-order chi connectivity index (χ1) is 14.6. The summed E-state index contributed by atoms with van der Waals surface area (Å²) in [6.45, 7) is 1.92. The average Bonchev–Trinajstić information content (AvgIpc) is 3.36. The fourth-order valence-electron chi connectivity index (χ4n) is 3.47. The van der Waals surface area contributed by atoms with Crippen molar-refractivity contribution in [3.05, 3.63) is 65.9 Å². The van der Waals surface area contributed by atoms with Crippen LogP contribution in [-0.4, -0.2) is 36.4 Å². The van der Waals surface area contributed by atoms with Crippen molar-refractivity contribution >= 4 is 23.0 Å². The Morgan fingerprint density at radius 1 is 1.30 bits per heavy atom. The van der Waals surface area contributed by atoms with Crippen LogP contribution in [0.2, 0.25) is 0 Å². The number of aromatic nitrogens is 4. The van der Waals surface area contributed by atoms with Crippen LogP contribution in [0.25, 0.3) is 17.0 Å². The number of fused-ring (bicyclic) bond motifs is 1. The maximum Gasteiger partial charge on any atom is 0.274 e. The third-order valence-corrected chi connectivity index (χ3v) is 5.29. The number of pyridine rings is 1. The number of benzene rings is 1. The van der Waals surface area contributed by atoms with Crippen molar-refractivity contribution in [2.24, 2.45) is 5.16 Å². The molecule has 150 valence electrons. The Labute approximate surface area is 171 Å². The molecule has 0 unspecified atom stereocenters. The number of carbonyl (C=O) groups excluding carboxylic acids is 1. The smallest absolute Gasteiger partial charge is 0.274 e. The van der Waals surface area contributed by atoms with Crippen molar-refractivity contribution in [3.63, 3.8) is 0 Å². The lowest BCUT2D eigenvalue weighted by Crippen LogP contribution is -2.21. The molecule has 0 radical (unpaired) electrons. The second-order valence-corrected chi connectivity index (χ2v) is 7.28. The van der Waals surface area contributed by atoms with E-state index in [1.807, 2.05) is 43.3 Å². The van der Waals surface area contributed by atoms with E-state index < -0.39 is 0 Å². The second-order valence-electron chi connectivity index (χ2n) is 7.28. The Balaban J connectivity index is 1.39. The zero-order valence-corrected chi connectivity index (χ0v) is 16.1. The lowest BCUT2D eigenvalue weighted by molar-refractivity contribution is 0.102. The number of oxime groups is 1. The molecule has 1 aliphatic rings. The van der Waals surface area contributed by atoms with Crippen molar-refractivity contribution in [2.75, 3.05) is 5.32 Å². The van der Waals surface area contributed by atoms with E-state index in [0.717, 1.165) is 16.8 Å². The summed E-state index contributed by atoms with van der Waals surface area (Å²) < 4.78 is 7.12. The van der Waals surface area contributed by atoms with Crippen LogP contribution in [0.1, 0.15) is 40.7 Å². The molecular weight excluding hydrogens is 384 g/mol. The number of hydrogen-bond donors (Lipinski definition) is 2. The third kappa shape index (κ3) is 3.10. The minimum absolute atomic E-state index is 0.0805. The predicted octanol–water partition coefficient (Wildman–Crippen LogP) is 3.65. The van der Waals surface area contributed by atoms with Crippen LogP contribution in [0.5, 0.6) is 0 Å². The second kappa shape index (κ2) is 7.11. The number of nitrogens with one attached hydrogen (secondary N) is 1. The molecule has 9 nitrogen and oxygen atoms in total. The van der Waals surface area contributed by atoms with Gasteiger partial charge >= 0.3 is 0 Å². The number of amides is 1. The molecule has 0 aliphatic heterocycles. The van der Waals surface area contributed by atoms with Gasteiger partial charge in [0.2, 0.25) is 11.7 Å². The first kappa shape index (κ1) is 18.0. The van der Waals surface area contributed by atoms with Crippen molar-refractivity contribution in [2.45, 2.75) is 25.7 Å². The van der Waals surface area contributed by atoms with Gasteiger partial charge in [0.1, 0.15) is 11.3 Å². The summed E-state index contributed by atoms with van der Waals surface area (Å²) >= 11 is 0. The first-order valence-corrected chi connectivity index (χ1v) is 9.50. The van der Waals surface area contributed by atoms with E-state index in [4.69, 9.17) is 9.73 Å². The van der Waals surface area contributed by atoms with Crippen molar-refractivity contribution in [1.29, 1.82) is 0 Å². The maximum atomic E-state index is 12.8. The fourth-order valence-corrected chi connectivity index (χ4v) is 3.47. The molecule has 4 aromatic rings. The molecule has 30 heavy (non-hydrogen) atoms. The van der Waals surface area contributed by atoms with Crippen LogP contribution in [-0.2, 0) is 0 Å². The highest BCUT2D eigenvalue weighted by Gasteiger charge is 2.31. The van der Waals surface area contributed by atoms with E-state index >= 15 is 0 Å². The van der Waals surface area contributed by atoms with Gasteiger partial charge in [0.25, 0.3) is 5.91 Å². The van der Waals surface area contributed by atoms with Gasteiger partial charge in [-0.15, -0.1) is 0 Å². The van der Waals surface area contributed by atoms with Crippen molar-refractivity contribution in [1.82, 2.24) is 19.5 Å². The van der Waals surface area contributed by atoms with E-state index in [1.54, 1.807) is 16.8 Å². The molecule has 9 heteroatoms. The Bertz CT molecular complexity index is 1280. The summed E-state index contributed by atoms with van der Waals surface area (Å²) in [7, 11) is 0. The van der Waals surface area contributed by atoms with Crippen molar-refractivity contribution in [3.8, 4) is 11.4 Å². The monoisotopic (exact) mass is 402 g/mol. The molecule has 0 bridgehead atoms. The number of hydrogen-bond acceptors (Lipinski definition) is 7. The number of rotatable bonds is 4. The van der Waals surface area contributed by atoms with Gasteiger partial charge in [-0.25, -0.2) is 4.98 Å². The van der Waals surface area contributed by atoms with Crippen LogP contribution < -0.4 is 5.32 Å². The molecule has 0 spiro atoms. The first-order valence-electron chi connectivity index (χ1n) is 9.50. The summed E-state index contributed by atoms with van der Waals surface area (Å²) in [5.74, 6) is 0.795. The summed E-state index contributed by atoms with van der Waals surface area (Å²) in [5, 5.41) is 19.0. The molecule has 1 amide bonds. The third-order valence-electron chi connectivity index (χ3n) is 5.29. The van der Waals surface area contributed by atoms with Crippen LogP contribution in [0, 0.1) is 6.92 Å². The van der Waals surface area contributed by atoms with Crippen LogP contribution >= 0.6 is 0 Å². The largest absolute Gasteiger partial charge is 0.411 e. The van der Waals surface area contributed by atoms with Crippen LogP contribution in [0.15, 0.2) is 58.5 Å². The Morgan fingerprint density at radius 3 is 3.00 bits per heavy atom. The minimum atomic E-state index is -0.256. The van der Waals surface area contributed by atoms with Gasteiger partial charge in [0.05, 0.1) is 11.9 Å². The Hall–Kier alpha value is -4.01. The van der Waals surface area contributed by atoms with Gasteiger partial charge in [-0.3, -0.25) is 9.20 Å². The molecule has 1 saturated carbocycles. The number of imidazole rings is 1. The van der Waals surface area contributed by atoms with Crippen LogP contribution in [0.4, 0.5) is 5.69 Å². The highest BCUT2D eigenvalue weighted by molar-refractivity contribution is 6.04. The number of nitrogens with zero attached hydrogens (tertiary/aromatic N) is 5. The summed E-state index contributed by atoms with van der Waals surface area (Å²) in [4.78, 5) is 21.6. The molecular formula is C21H18N6O3. The highest BCUT2D eigenvalue weighted by Crippen LogP contribution is 2.34. The van der Waals surface area contributed by atoms with E-state index in [9.17, 15) is 4.79 Å². The molecule has 1 aromatic carbocycles. The van der Waals surface area contributed by atoms with E-state index in [-0.39, 0.29) is 11.8 Å². The lowest BCUT2D eigenvalue weighted by atomic mass is 9.83. The summed E-state index contributed by atoms with van der Waals surface area (Å²) in [6, 6.07) is 11.2. The molecule has 3 heterocycles. The van der Waals surface area contributed by atoms with Gasteiger partial charge in [0, 0.05) is 36.2 Å². The summed E-state index contributed by atoms with van der Waals surface area (Å²) in [5.41, 5.74) is 4.19. The minimum Gasteiger partial charge on any atom is -0.411 e. The van der Waals surface area contributed by atoms with Gasteiger partial charge < -0.3 is 15.0 Å². The maximum absolute atomic E-state index is 12.8. The van der Waals surface area contributed by atoms with Crippen LogP contribution in [0.3, 0.4) is 0 Å². The van der Waals surface area contributed by atoms with E-state index in [1.165, 1.54) is 0 Å². The van der Waals surface area contributed by atoms with E-state index in [2.05, 4.69) is 25.6 Å². The zero-order valence-electron chi connectivity index (χ0n) is 16.1. The molecule has 5 rings (SSSR count). The Morgan fingerprint density at radius 2 is 2.17 bits per heavy atom. The SMILES string of the molecule is Cc1ccc(-c2noc(C3CC(=NO)C3)n2)cc1NC(=O)c1cnc2ccccn12. The standard InChI is InChI=1S/C21H18N6O3/c1-12-5-6-13(19-24-21(30-26-19)14-8-15(9-14)25-29)10-16(12)23-20(28)17-11-22-18-4-2-3-7-27(17)18/h2-7,10-11,14,29H,8-9H2,1H3,(H,23,28). The molecule has 1 aliphatic carbocycles. The van der Waals surface area contributed by atoms with Gasteiger partial charge in [-0.05, 0) is 30.7 Å². The molecule has 3 aromatic heterocycles. The number of aryl methyl sites for hydroxylation is 1. The average molecular weight is 402 g/mol. The summed E-state index contributed by atoms with van der Waals surface area (Å²) in [6.07, 6.45) is 4.59. The highest BCUT2D eigenvalue weighted by atomic mass is 16.5. The predicted molar refractivity (Wildman–Crippen MR) is 109 cm³/mol. The molecule has 2 N–H and O–H groups in total. The van der Waals surface area contributed by atoms with Gasteiger partial charge in [-0.1, -0.05) is 28.5 Å². The zero-order chi connectivity index (χ0) is 20.7. The number of anilines is 1. The van der Waals surface area contributed by atoms with Crippen molar-refractivity contribution < 1.29 is 14.5 Å². The normalized spacial score (nSPS) is 15.8. The van der Waals surface area contributed by atoms with Gasteiger partial charge in [0.15, 0.2) is 0 Å². The Kier molecular flexibility index (Phi) is 4.27. The quantitative estimate of drug-likeness (QED) is 0.397.